The molecule has 0 saturated carbocycles. The first kappa shape index (κ1) is 20.6. The lowest BCUT2D eigenvalue weighted by molar-refractivity contribution is -0.121. The van der Waals surface area contributed by atoms with Gasteiger partial charge in [-0.3, -0.25) is 4.79 Å². The van der Waals surface area contributed by atoms with E-state index in [9.17, 15) is 9.90 Å². The average Bonchev–Trinajstić information content (AvgIpc) is 2.56. The molecular weight excluding hydrogens is 276 g/mol. The van der Waals surface area contributed by atoms with E-state index in [1.807, 2.05) is 30.3 Å². The van der Waals surface area contributed by atoms with E-state index < -0.39 is 6.10 Å². The molecule has 4 N–H and O–H groups in total. The normalized spacial score (nSPS) is 11.5. The summed E-state index contributed by atoms with van der Waals surface area (Å²) in [6, 6.07) is 9.21. The summed E-state index contributed by atoms with van der Waals surface area (Å²) < 4.78 is 0. The molecule has 0 heterocycles. The number of aliphatic hydroxyl groups excluding tert-OH is 1. The van der Waals surface area contributed by atoms with E-state index in [1.54, 1.807) is 0 Å². The zero-order valence-corrected chi connectivity index (χ0v) is 14.2. The summed E-state index contributed by atoms with van der Waals surface area (Å²) >= 11 is 0. The average molecular weight is 308 g/mol. The van der Waals surface area contributed by atoms with Crippen LogP contribution in [0.4, 0.5) is 0 Å². The van der Waals surface area contributed by atoms with Crippen molar-refractivity contribution in [1.29, 1.82) is 0 Å². The number of nitrogens with one attached hydrogen (secondary N) is 1. The summed E-state index contributed by atoms with van der Waals surface area (Å²) in [5.74, 6) is 0.854. The number of benzene rings is 1. The van der Waals surface area contributed by atoms with Crippen molar-refractivity contribution in [1.82, 2.24) is 5.32 Å². The van der Waals surface area contributed by atoms with E-state index in [0.29, 0.717) is 13.0 Å². The number of aliphatic hydroxyl groups is 1. The first-order chi connectivity index (χ1) is 10.6. The number of carbonyl (C=O) groups is 1. The molecule has 1 aromatic rings. The molecule has 0 bridgehead atoms. The third-order valence-corrected chi connectivity index (χ3v) is 3.78. The van der Waals surface area contributed by atoms with Crippen LogP contribution in [0.2, 0.25) is 0 Å². The molecule has 1 rings (SSSR count). The minimum atomic E-state index is -0.659. The molecule has 1 amide bonds. The van der Waals surface area contributed by atoms with Crippen molar-refractivity contribution in [2.45, 2.75) is 52.6 Å². The summed E-state index contributed by atoms with van der Waals surface area (Å²) in [5, 5.41) is 12.3. The van der Waals surface area contributed by atoms with Crippen LogP contribution >= 0.6 is 0 Å². The second-order valence-electron chi connectivity index (χ2n) is 5.36. The second kappa shape index (κ2) is 13.3. The van der Waals surface area contributed by atoms with Gasteiger partial charge in [0.1, 0.15) is 0 Å². The summed E-state index contributed by atoms with van der Waals surface area (Å²) in [6.45, 7) is 7.34. The van der Waals surface area contributed by atoms with Crippen molar-refractivity contribution in [3.63, 3.8) is 0 Å². The topological polar surface area (TPSA) is 75.4 Å². The molecule has 0 aliphatic heterocycles. The van der Waals surface area contributed by atoms with Crippen LogP contribution in [0.1, 0.15) is 58.1 Å². The Morgan fingerprint density at radius 1 is 1.14 bits per heavy atom. The van der Waals surface area contributed by atoms with Gasteiger partial charge in [-0.1, -0.05) is 70.4 Å². The predicted molar refractivity (Wildman–Crippen MR) is 92.4 cm³/mol. The van der Waals surface area contributed by atoms with Crippen LogP contribution in [0.5, 0.6) is 0 Å². The van der Waals surface area contributed by atoms with Gasteiger partial charge in [0, 0.05) is 19.5 Å². The maximum Gasteiger partial charge on any atom is 0.221 e. The Morgan fingerprint density at radius 3 is 2.09 bits per heavy atom. The Morgan fingerprint density at radius 2 is 1.68 bits per heavy atom. The number of hydrogen-bond donors (Lipinski definition) is 3. The first-order valence-electron chi connectivity index (χ1n) is 8.28. The Kier molecular flexibility index (Phi) is 12.4. The number of amides is 1. The Labute approximate surface area is 135 Å². The van der Waals surface area contributed by atoms with Gasteiger partial charge in [0.25, 0.3) is 0 Å². The van der Waals surface area contributed by atoms with Gasteiger partial charge < -0.3 is 16.2 Å². The highest BCUT2D eigenvalue weighted by Crippen LogP contribution is 2.10. The summed E-state index contributed by atoms with van der Waals surface area (Å²) in [6.07, 6.45) is 3.70. The lowest BCUT2D eigenvalue weighted by atomic mass is 10.0. The second-order valence-corrected chi connectivity index (χ2v) is 5.36. The fraction of sp³-hybridized carbons (Fsp3) is 0.611. The van der Waals surface area contributed by atoms with E-state index in [-0.39, 0.29) is 12.5 Å². The number of nitrogens with two attached hydrogens (primary N) is 1. The molecule has 1 atom stereocenters. The standard InChI is InChI=1S/C11H16N2O2.C7H16/c12-7-6-11(15)13-8-10(14)9-4-2-1-3-5-9;1-4-7(5-2)6-3/h1-5,10,14H,6-8,12H2,(H,13,15);7H,4-6H2,1-3H3. The zero-order chi connectivity index (χ0) is 16.8. The Balaban J connectivity index is 0.000000534. The minimum absolute atomic E-state index is 0.132. The van der Waals surface area contributed by atoms with Gasteiger partial charge >= 0.3 is 0 Å². The van der Waals surface area contributed by atoms with Crippen LogP contribution in [0.15, 0.2) is 30.3 Å². The number of hydrogen-bond acceptors (Lipinski definition) is 3. The highest BCUT2D eigenvalue weighted by molar-refractivity contribution is 5.76. The van der Waals surface area contributed by atoms with Crippen molar-refractivity contribution in [3.05, 3.63) is 35.9 Å². The molecule has 126 valence electrons. The molecule has 1 unspecified atom stereocenters. The summed E-state index contributed by atoms with van der Waals surface area (Å²) in [7, 11) is 0. The van der Waals surface area contributed by atoms with Crippen LogP contribution < -0.4 is 11.1 Å². The number of rotatable bonds is 8. The van der Waals surface area contributed by atoms with Crippen LogP contribution in [0.25, 0.3) is 0 Å². The van der Waals surface area contributed by atoms with Gasteiger partial charge in [0.15, 0.2) is 0 Å². The van der Waals surface area contributed by atoms with Crippen molar-refractivity contribution >= 4 is 5.91 Å². The monoisotopic (exact) mass is 308 g/mol. The minimum Gasteiger partial charge on any atom is -0.387 e. The fourth-order valence-electron chi connectivity index (χ4n) is 2.09. The maximum absolute atomic E-state index is 11.1. The Hall–Kier alpha value is -1.39. The molecule has 0 radical (unpaired) electrons. The third-order valence-electron chi connectivity index (χ3n) is 3.78. The maximum atomic E-state index is 11.1. The van der Waals surface area contributed by atoms with Gasteiger partial charge in [-0.15, -0.1) is 0 Å². The largest absolute Gasteiger partial charge is 0.387 e. The summed E-state index contributed by atoms with van der Waals surface area (Å²) in [4.78, 5) is 11.1. The lowest BCUT2D eigenvalue weighted by Crippen LogP contribution is -2.29. The van der Waals surface area contributed by atoms with Crippen LogP contribution in [-0.2, 0) is 4.79 Å². The molecular formula is C18H32N2O2. The van der Waals surface area contributed by atoms with Gasteiger partial charge in [0.2, 0.25) is 5.91 Å². The molecule has 0 saturated heterocycles. The fourth-order valence-corrected chi connectivity index (χ4v) is 2.09. The lowest BCUT2D eigenvalue weighted by Gasteiger charge is -2.11. The van der Waals surface area contributed by atoms with Gasteiger partial charge in [-0.05, 0) is 11.5 Å². The van der Waals surface area contributed by atoms with E-state index >= 15 is 0 Å². The van der Waals surface area contributed by atoms with Crippen LogP contribution in [0, 0.1) is 5.92 Å². The van der Waals surface area contributed by atoms with Crippen molar-refractivity contribution in [2.75, 3.05) is 13.1 Å². The number of carbonyl (C=O) groups excluding carboxylic acids is 1. The van der Waals surface area contributed by atoms with Gasteiger partial charge in [-0.25, -0.2) is 0 Å². The van der Waals surface area contributed by atoms with E-state index in [4.69, 9.17) is 5.73 Å². The first-order valence-corrected chi connectivity index (χ1v) is 8.28. The summed E-state index contributed by atoms with van der Waals surface area (Å²) in [5.41, 5.74) is 6.02. The van der Waals surface area contributed by atoms with Crippen molar-refractivity contribution in [3.8, 4) is 0 Å². The molecule has 22 heavy (non-hydrogen) atoms. The molecule has 0 aliphatic carbocycles. The van der Waals surface area contributed by atoms with E-state index in [0.717, 1.165) is 11.5 Å². The molecule has 0 aliphatic rings. The van der Waals surface area contributed by atoms with E-state index in [2.05, 4.69) is 26.1 Å². The highest BCUT2D eigenvalue weighted by Gasteiger charge is 2.07. The molecule has 0 spiro atoms. The van der Waals surface area contributed by atoms with Crippen molar-refractivity contribution < 1.29 is 9.90 Å². The Bertz CT molecular complexity index is 372. The quantitative estimate of drug-likeness (QED) is 0.691. The third kappa shape index (κ3) is 9.53. The molecule has 1 aromatic carbocycles. The zero-order valence-electron chi connectivity index (χ0n) is 14.2. The smallest absolute Gasteiger partial charge is 0.221 e. The van der Waals surface area contributed by atoms with Gasteiger partial charge in [0.05, 0.1) is 6.10 Å². The molecule has 4 nitrogen and oxygen atoms in total. The SMILES string of the molecule is CCC(CC)CC.NCCC(=O)NCC(O)c1ccccc1. The van der Waals surface area contributed by atoms with Crippen LogP contribution in [-0.4, -0.2) is 24.1 Å². The predicted octanol–water partition coefficient (Wildman–Crippen LogP) is 3.02. The highest BCUT2D eigenvalue weighted by atomic mass is 16.3. The van der Waals surface area contributed by atoms with Gasteiger partial charge in [-0.2, -0.15) is 0 Å². The molecule has 0 aromatic heterocycles. The van der Waals surface area contributed by atoms with Crippen LogP contribution in [0.3, 0.4) is 0 Å². The molecule has 4 heteroatoms. The van der Waals surface area contributed by atoms with E-state index in [1.165, 1.54) is 19.3 Å². The molecule has 0 fully saturated rings. The van der Waals surface area contributed by atoms with Crippen molar-refractivity contribution in [2.24, 2.45) is 11.7 Å².